The van der Waals surface area contributed by atoms with Gasteiger partial charge in [0, 0.05) is 53.1 Å². The molecule has 2 heterocycles. The third kappa shape index (κ3) is 5.29. The van der Waals surface area contributed by atoms with Gasteiger partial charge in [0.15, 0.2) is 18.1 Å². The molecule has 2 aromatic carbocycles. The number of alkyl halides is 1. The van der Waals surface area contributed by atoms with E-state index in [9.17, 15) is 24.3 Å². The van der Waals surface area contributed by atoms with Crippen LogP contribution in [-0.4, -0.2) is 63.6 Å². The van der Waals surface area contributed by atoms with E-state index in [0.717, 1.165) is 21.9 Å². The molecule has 1 aliphatic heterocycles. The normalized spacial score (nSPS) is 34.9. The number of nitrogens with one attached hydrogen (secondary N) is 1. The minimum absolute atomic E-state index is 0.0617. The molecule has 3 aromatic rings. The number of aliphatic hydroxyl groups excluding tert-OH is 1. The number of carbonyl (C=O) groups excluding carboxylic acids is 4. The monoisotopic (exact) mass is 692 g/mol. The Kier molecular flexibility index (Phi) is 7.92. The molecule has 0 radical (unpaired) electrons. The van der Waals surface area contributed by atoms with Gasteiger partial charge in [0.05, 0.1) is 17.8 Å². The van der Waals surface area contributed by atoms with Crippen LogP contribution in [0.5, 0.6) is 0 Å². The SMILES string of the molecule is Cc1cncc2ccc(NC(=O)[C@@H]3C[C@H]3c3cccc(C(=O)OCC(=O)C45C[C@H](O)[C@@]6(F)[C@@H](CCC7=CC(=O)C=C[C@@]76C)[C@@H]4C[C@@H](C)O5)c3)cc12. The predicted octanol–water partition coefficient (Wildman–Crippen LogP) is 6.13. The lowest BCUT2D eigenvalue weighted by atomic mass is 9.47. The standard InChI is InChI=1S/C41H41FN2O7/c1-22-19-43-20-26-7-9-28(16-30(22)26)44-37(48)32-17-31(32)24-5-4-6-25(14-24)38(49)50-21-36(47)40-18-35(46)41(42)33(34(40)13-23(2)51-40)10-8-27-15-29(45)11-12-39(27,41)3/h4-7,9,11-12,14-16,19-20,23,31-35,46H,8,10,13,17-18,21H2,1-3H3,(H,44,48)/t23-,31+,32-,33+,34+,35+,39+,40?,41+/m1/s1. The summed E-state index contributed by atoms with van der Waals surface area (Å²) in [6, 6.07) is 12.6. The van der Waals surface area contributed by atoms with E-state index in [1.54, 1.807) is 43.6 Å². The van der Waals surface area contributed by atoms with E-state index in [1.165, 1.54) is 12.2 Å². The van der Waals surface area contributed by atoms with Gasteiger partial charge in [-0.3, -0.25) is 19.4 Å². The number of esters is 1. The first kappa shape index (κ1) is 33.6. The van der Waals surface area contributed by atoms with E-state index < -0.39 is 53.0 Å². The zero-order chi connectivity index (χ0) is 35.9. The minimum atomic E-state index is -2.10. The molecule has 0 spiro atoms. The smallest absolute Gasteiger partial charge is 0.338 e. The molecule has 51 heavy (non-hydrogen) atoms. The molecule has 1 unspecified atom stereocenters. The molecule has 8 rings (SSSR count). The van der Waals surface area contributed by atoms with Gasteiger partial charge in [-0.1, -0.05) is 29.8 Å². The van der Waals surface area contributed by atoms with E-state index in [4.69, 9.17) is 9.47 Å². The number of anilines is 1. The number of pyridine rings is 1. The maximum atomic E-state index is 17.4. The van der Waals surface area contributed by atoms with Gasteiger partial charge in [-0.25, -0.2) is 9.18 Å². The molecule has 9 atom stereocenters. The number of halogens is 1. The molecule has 3 saturated carbocycles. The lowest BCUT2D eigenvalue weighted by Crippen LogP contribution is -2.70. The molecule has 4 fully saturated rings. The highest BCUT2D eigenvalue weighted by molar-refractivity contribution is 6.01. The number of hydrogen-bond donors (Lipinski definition) is 2. The van der Waals surface area contributed by atoms with Gasteiger partial charge in [0.25, 0.3) is 0 Å². The molecule has 1 saturated heterocycles. The number of allylic oxidation sites excluding steroid dienone is 4. The third-order valence-corrected chi connectivity index (χ3v) is 12.4. The summed E-state index contributed by atoms with van der Waals surface area (Å²) in [4.78, 5) is 56.8. The fourth-order valence-electron chi connectivity index (χ4n) is 9.69. The first-order valence-electron chi connectivity index (χ1n) is 17.8. The van der Waals surface area contributed by atoms with E-state index in [2.05, 4.69) is 10.3 Å². The minimum Gasteiger partial charge on any atom is -0.454 e. The molecule has 1 amide bonds. The second kappa shape index (κ2) is 12.0. The molecule has 10 heteroatoms. The Morgan fingerprint density at radius 1 is 1.12 bits per heavy atom. The highest BCUT2D eigenvalue weighted by atomic mass is 19.1. The lowest BCUT2D eigenvalue weighted by molar-refractivity contribution is -0.214. The molecular weight excluding hydrogens is 651 g/mol. The predicted molar refractivity (Wildman–Crippen MR) is 187 cm³/mol. The lowest BCUT2D eigenvalue weighted by Gasteiger charge is -2.60. The maximum Gasteiger partial charge on any atom is 0.338 e. The molecule has 9 nitrogen and oxygen atoms in total. The van der Waals surface area contributed by atoms with Crippen LogP contribution in [0, 0.1) is 30.1 Å². The number of aromatic nitrogens is 1. The molecule has 4 aliphatic carbocycles. The van der Waals surface area contributed by atoms with Gasteiger partial charge in [0.1, 0.15) is 5.60 Å². The zero-order valence-electron chi connectivity index (χ0n) is 28.9. The van der Waals surface area contributed by atoms with Crippen molar-refractivity contribution < 1.29 is 38.1 Å². The number of Topliss-reactive ketones (excluding diaryl/α,β-unsaturated/α-hetero) is 1. The van der Waals surface area contributed by atoms with Crippen LogP contribution in [0.1, 0.15) is 73.4 Å². The van der Waals surface area contributed by atoms with Gasteiger partial charge in [0.2, 0.25) is 11.7 Å². The molecule has 1 aromatic heterocycles. The van der Waals surface area contributed by atoms with Crippen molar-refractivity contribution >= 4 is 39.9 Å². The van der Waals surface area contributed by atoms with Gasteiger partial charge >= 0.3 is 5.97 Å². The van der Waals surface area contributed by atoms with Crippen LogP contribution in [0.25, 0.3) is 10.8 Å². The Morgan fingerprint density at radius 3 is 2.76 bits per heavy atom. The summed E-state index contributed by atoms with van der Waals surface area (Å²) in [5.74, 6) is -3.03. The number of nitrogens with zero attached hydrogens (tertiary/aromatic N) is 1. The van der Waals surface area contributed by atoms with Crippen molar-refractivity contribution in [2.75, 3.05) is 11.9 Å². The van der Waals surface area contributed by atoms with Crippen LogP contribution >= 0.6 is 0 Å². The number of hydrogen-bond acceptors (Lipinski definition) is 8. The Bertz CT molecular complexity index is 2060. The third-order valence-electron chi connectivity index (χ3n) is 12.4. The largest absolute Gasteiger partial charge is 0.454 e. The average Bonchev–Trinajstić information content (AvgIpc) is 3.85. The fraction of sp³-hybridized carbons (Fsp3) is 0.439. The quantitative estimate of drug-likeness (QED) is 0.283. The topological polar surface area (TPSA) is 132 Å². The number of ether oxygens (including phenoxy) is 2. The fourth-order valence-corrected chi connectivity index (χ4v) is 9.69. The van der Waals surface area contributed by atoms with Gasteiger partial charge in [-0.15, -0.1) is 0 Å². The summed E-state index contributed by atoms with van der Waals surface area (Å²) in [6.07, 6.45) is 7.71. The van der Waals surface area contributed by atoms with Crippen molar-refractivity contribution in [3.8, 4) is 0 Å². The van der Waals surface area contributed by atoms with Crippen molar-refractivity contribution in [1.82, 2.24) is 4.98 Å². The van der Waals surface area contributed by atoms with Gasteiger partial charge in [-0.05, 0) is 105 Å². The van der Waals surface area contributed by atoms with Crippen molar-refractivity contribution in [2.45, 2.75) is 82.3 Å². The summed E-state index contributed by atoms with van der Waals surface area (Å²) in [6.45, 7) is 4.95. The van der Waals surface area contributed by atoms with Crippen LogP contribution in [0.15, 0.2) is 78.7 Å². The number of amides is 1. The highest BCUT2D eigenvalue weighted by Gasteiger charge is 2.72. The summed E-state index contributed by atoms with van der Waals surface area (Å²) < 4.78 is 29.3. The molecular formula is C41H41FN2O7. The Hall–Kier alpha value is -4.54. The summed E-state index contributed by atoms with van der Waals surface area (Å²) >= 11 is 0. The first-order valence-corrected chi connectivity index (χ1v) is 17.8. The Balaban J connectivity index is 0.936. The van der Waals surface area contributed by atoms with E-state index in [1.807, 2.05) is 38.1 Å². The van der Waals surface area contributed by atoms with Crippen molar-refractivity contribution in [2.24, 2.45) is 23.2 Å². The molecule has 5 aliphatic rings. The molecule has 264 valence electrons. The average molecular weight is 693 g/mol. The number of fused-ring (bicyclic) bond motifs is 6. The van der Waals surface area contributed by atoms with Crippen molar-refractivity contribution in [3.05, 3.63) is 95.3 Å². The number of aliphatic hydroxyl groups is 1. The Labute approximate surface area is 295 Å². The number of benzene rings is 2. The van der Waals surface area contributed by atoms with Crippen molar-refractivity contribution in [1.29, 1.82) is 0 Å². The number of ketones is 2. The van der Waals surface area contributed by atoms with Crippen molar-refractivity contribution in [3.63, 3.8) is 0 Å². The van der Waals surface area contributed by atoms with Crippen LogP contribution in [0.2, 0.25) is 0 Å². The second-order valence-electron chi connectivity index (χ2n) is 15.4. The number of rotatable bonds is 7. The van der Waals surface area contributed by atoms with Crippen LogP contribution < -0.4 is 5.32 Å². The summed E-state index contributed by atoms with van der Waals surface area (Å²) in [5, 5.41) is 16.6. The summed E-state index contributed by atoms with van der Waals surface area (Å²) in [5.41, 5.74) is -1.31. The van der Waals surface area contributed by atoms with Gasteiger partial charge in [-0.2, -0.15) is 0 Å². The number of carbonyl (C=O) groups is 4. The van der Waals surface area contributed by atoms with Crippen LogP contribution in [-0.2, 0) is 23.9 Å². The Morgan fingerprint density at radius 2 is 1.94 bits per heavy atom. The second-order valence-corrected chi connectivity index (χ2v) is 15.4. The van der Waals surface area contributed by atoms with E-state index in [-0.39, 0.29) is 41.6 Å². The van der Waals surface area contributed by atoms with E-state index >= 15 is 4.39 Å². The molecule has 0 bridgehead atoms. The molecule has 2 N–H and O–H groups in total. The highest BCUT2D eigenvalue weighted by Crippen LogP contribution is 2.65. The van der Waals surface area contributed by atoms with Gasteiger partial charge < -0.3 is 19.9 Å². The summed E-state index contributed by atoms with van der Waals surface area (Å²) in [7, 11) is 0. The number of aryl methyl sites for hydroxylation is 1. The van der Waals surface area contributed by atoms with Crippen LogP contribution in [0.4, 0.5) is 10.1 Å². The maximum absolute atomic E-state index is 17.4. The first-order chi connectivity index (χ1) is 24.3. The van der Waals surface area contributed by atoms with E-state index in [0.29, 0.717) is 36.9 Å². The van der Waals surface area contributed by atoms with Crippen LogP contribution in [0.3, 0.4) is 0 Å². The zero-order valence-corrected chi connectivity index (χ0v) is 28.9.